The van der Waals surface area contributed by atoms with Crippen LogP contribution in [0.5, 0.6) is 0 Å². The lowest BCUT2D eigenvalue weighted by molar-refractivity contribution is 0.105. The number of furan rings is 1. The van der Waals surface area contributed by atoms with Crippen LogP contribution in [-0.4, -0.2) is 25.7 Å². The zero-order valence-electron chi connectivity index (χ0n) is 14.3. The van der Waals surface area contributed by atoms with Crippen molar-refractivity contribution >= 4 is 41.5 Å². The van der Waals surface area contributed by atoms with Crippen LogP contribution >= 0.6 is 35.6 Å². The van der Waals surface area contributed by atoms with Crippen molar-refractivity contribution in [3.05, 3.63) is 59.0 Å². The highest BCUT2D eigenvalue weighted by atomic mass is 127. The number of halogens is 2. The van der Waals surface area contributed by atoms with Gasteiger partial charge in [-0.25, -0.2) is 4.99 Å². The number of aliphatic imine (C=N–C) groups is 1. The predicted octanol–water partition coefficient (Wildman–Crippen LogP) is 4.21. The maximum absolute atomic E-state index is 5.89. The van der Waals surface area contributed by atoms with E-state index in [9.17, 15) is 0 Å². The molecule has 1 heterocycles. The first kappa shape index (κ1) is 21.8. The van der Waals surface area contributed by atoms with E-state index >= 15 is 0 Å². The highest BCUT2D eigenvalue weighted by molar-refractivity contribution is 14.0. The number of benzene rings is 1. The highest BCUT2D eigenvalue weighted by Gasteiger charge is 1.99. The van der Waals surface area contributed by atoms with E-state index in [0.29, 0.717) is 19.8 Å². The van der Waals surface area contributed by atoms with Crippen molar-refractivity contribution in [2.24, 2.45) is 4.99 Å². The van der Waals surface area contributed by atoms with E-state index in [0.717, 1.165) is 41.8 Å². The highest BCUT2D eigenvalue weighted by Crippen LogP contribution is 2.10. The summed E-state index contributed by atoms with van der Waals surface area (Å²) in [5.74, 6) is 1.65. The molecule has 0 saturated carbocycles. The molecule has 138 valence electrons. The van der Waals surface area contributed by atoms with Gasteiger partial charge in [-0.05, 0) is 43.2 Å². The average molecular weight is 478 g/mol. The second-order valence-corrected chi connectivity index (χ2v) is 5.67. The van der Waals surface area contributed by atoms with Crippen LogP contribution in [0.15, 0.2) is 52.1 Å². The van der Waals surface area contributed by atoms with Crippen molar-refractivity contribution in [1.29, 1.82) is 0 Å². The first-order valence-electron chi connectivity index (χ1n) is 8.14. The molecule has 7 heteroatoms. The Kier molecular flexibility index (Phi) is 11.3. The van der Waals surface area contributed by atoms with E-state index in [1.54, 1.807) is 6.26 Å². The lowest BCUT2D eigenvalue weighted by atomic mass is 10.2. The summed E-state index contributed by atoms with van der Waals surface area (Å²) < 4.78 is 10.8. The lowest BCUT2D eigenvalue weighted by Crippen LogP contribution is -2.38. The zero-order valence-corrected chi connectivity index (χ0v) is 17.4. The van der Waals surface area contributed by atoms with Gasteiger partial charge in [0, 0.05) is 24.7 Å². The van der Waals surface area contributed by atoms with Gasteiger partial charge in [0.2, 0.25) is 0 Å². The van der Waals surface area contributed by atoms with Gasteiger partial charge < -0.3 is 19.8 Å². The molecule has 0 radical (unpaired) electrons. The van der Waals surface area contributed by atoms with Crippen LogP contribution in [-0.2, 0) is 17.9 Å². The SMILES string of the molecule is CCNC(=NCc1ccc(Cl)cc1)NCCCOCc1ccco1.I. The molecule has 5 nitrogen and oxygen atoms in total. The Balaban J connectivity index is 0.00000312. The van der Waals surface area contributed by atoms with Crippen LogP contribution < -0.4 is 10.6 Å². The molecule has 1 aromatic carbocycles. The van der Waals surface area contributed by atoms with Gasteiger partial charge in [0.15, 0.2) is 5.96 Å². The van der Waals surface area contributed by atoms with E-state index in [-0.39, 0.29) is 24.0 Å². The normalized spacial score (nSPS) is 11.0. The molecule has 2 aromatic rings. The minimum absolute atomic E-state index is 0. The summed E-state index contributed by atoms with van der Waals surface area (Å²) in [6.07, 6.45) is 2.55. The summed E-state index contributed by atoms with van der Waals surface area (Å²) in [4.78, 5) is 4.57. The van der Waals surface area contributed by atoms with Crippen molar-refractivity contribution in [2.45, 2.75) is 26.5 Å². The lowest BCUT2D eigenvalue weighted by Gasteiger charge is -2.11. The number of nitrogens with zero attached hydrogens (tertiary/aromatic N) is 1. The van der Waals surface area contributed by atoms with Gasteiger partial charge in [0.05, 0.1) is 12.8 Å². The van der Waals surface area contributed by atoms with Crippen molar-refractivity contribution in [3.63, 3.8) is 0 Å². The molecule has 0 atom stereocenters. The molecule has 0 aliphatic rings. The fraction of sp³-hybridized carbons (Fsp3) is 0.389. The summed E-state index contributed by atoms with van der Waals surface area (Å²) in [5.41, 5.74) is 1.12. The Bertz CT molecular complexity index is 603. The van der Waals surface area contributed by atoms with Crippen molar-refractivity contribution < 1.29 is 9.15 Å². The molecule has 1 aromatic heterocycles. The molecular formula is C18H25ClIN3O2. The standard InChI is InChI=1S/C18H24ClN3O2.HI/c1-2-20-18(22-13-15-6-8-16(19)9-7-15)21-10-4-11-23-14-17-5-3-12-24-17;/h3,5-9,12H,2,4,10-11,13-14H2,1H3,(H2,20,21,22);1H. The monoisotopic (exact) mass is 477 g/mol. The summed E-state index contributed by atoms with van der Waals surface area (Å²) in [6, 6.07) is 11.5. The zero-order chi connectivity index (χ0) is 17.0. The molecule has 0 bridgehead atoms. The predicted molar refractivity (Wildman–Crippen MR) is 113 cm³/mol. The Morgan fingerprint density at radius 2 is 2.00 bits per heavy atom. The second-order valence-electron chi connectivity index (χ2n) is 5.23. The van der Waals surface area contributed by atoms with Gasteiger partial charge in [0.1, 0.15) is 12.4 Å². The van der Waals surface area contributed by atoms with E-state index in [1.165, 1.54) is 0 Å². The van der Waals surface area contributed by atoms with Gasteiger partial charge in [-0.2, -0.15) is 0 Å². The van der Waals surface area contributed by atoms with Crippen LogP contribution in [0.3, 0.4) is 0 Å². The quantitative estimate of drug-likeness (QED) is 0.246. The Labute approximate surface area is 171 Å². The van der Waals surface area contributed by atoms with Gasteiger partial charge >= 0.3 is 0 Å². The smallest absolute Gasteiger partial charge is 0.191 e. The fourth-order valence-electron chi connectivity index (χ4n) is 2.05. The van der Waals surface area contributed by atoms with E-state index in [4.69, 9.17) is 20.8 Å². The van der Waals surface area contributed by atoms with Crippen molar-refractivity contribution in [3.8, 4) is 0 Å². The molecule has 0 amide bonds. The minimum Gasteiger partial charge on any atom is -0.467 e. The van der Waals surface area contributed by atoms with Gasteiger partial charge in [-0.15, -0.1) is 24.0 Å². The Hall–Kier alpha value is -1.25. The molecule has 0 spiro atoms. The van der Waals surface area contributed by atoms with Crippen LogP contribution in [0.1, 0.15) is 24.7 Å². The van der Waals surface area contributed by atoms with E-state index < -0.39 is 0 Å². The molecule has 0 fully saturated rings. The molecule has 0 aliphatic carbocycles. The van der Waals surface area contributed by atoms with Crippen molar-refractivity contribution in [2.75, 3.05) is 19.7 Å². The summed E-state index contributed by atoms with van der Waals surface area (Å²) >= 11 is 5.89. The third kappa shape index (κ3) is 9.13. The third-order valence-corrected chi connectivity index (χ3v) is 3.51. The molecule has 2 rings (SSSR count). The molecule has 0 aliphatic heterocycles. The number of rotatable bonds is 9. The topological polar surface area (TPSA) is 58.8 Å². The average Bonchev–Trinajstić information content (AvgIpc) is 3.10. The van der Waals surface area contributed by atoms with Crippen LogP contribution in [0.25, 0.3) is 0 Å². The van der Waals surface area contributed by atoms with Gasteiger partial charge in [0.25, 0.3) is 0 Å². The first-order chi connectivity index (χ1) is 11.8. The number of ether oxygens (including phenoxy) is 1. The van der Waals surface area contributed by atoms with Gasteiger partial charge in [-0.1, -0.05) is 23.7 Å². The van der Waals surface area contributed by atoms with Gasteiger partial charge in [-0.3, -0.25) is 0 Å². The summed E-state index contributed by atoms with van der Waals surface area (Å²) in [6.45, 7) is 5.46. The van der Waals surface area contributed by atoms with Crippen LogP contribution in [0.2, 0.25) is 5.02 Å². The number of hydrogen-bond donors (Lipinski definition) is 2. The summed E-state index contributed by atoms with van der Waals surface area (Å²) in [5, 5.41) is 7.28. The maximum atomic E-state index is 5.89. The largest absolute Gasteiger partial charge is 0.467 e. The molecular weight excluding hydrogens is 453 g/mol. The Morgan fingerprint density at radius 1 is 1.20 bits per heavy atom. The van der Waals surface area contributed by atoms with Crippen LogP contribution in [0.4, 0.5) is 0 Å². The summed E-state index contributed by atoms with van der Waals surface area (Å²) in [7, 11) is 0. The Morgan fingerprint density at radius 3 is 2.68 bits per heavy atom. The maximum Gasteiger partial charge on any atom is 0.191 e. The van der Waals surface area contributed by atoms with E-state index in [1.807, 2.05) is 43.3 Å². The molecule has 0 unspecified atom stereocenters. The number of hydrogen-bond acceptors (Lipinski definition) is 3. The number of nitrogens with one attached hydrogen (secondary N) is 2. The molecule has 0 saturated heterocycles. The second kappa shape index (κ2) is 13.0. The molecule has 25 heavy (non-hydrogen) atoms. The molecule has 2 N–H and O–H groups in total. The third-order valence-electron chi connectivity index (χ3n) is 3.26. The minimum atomic E-state index is 0. The fourth-order valence-corrected chi connectivity index (χ4v) is 2.18. The van der Waals surface area contributed by atoms with Crippen LogP contribution in [0, 0.1) is 0 Å². The first-order valence-corrected chi connectivity index (χ1v) is 8.52. The number of guanidine groups is 1. The van der Waals surface area contributed by atoms with E-state index in [2.05, 4.69) is 15.6 Å². The van der Waals surface area contributed by atoms with Crippen molar-refractivity contribution in [1.82, 2.24) is 10.6 Å².